The fraction of sp³-hybridized carbons (Fsp3) is 0.0588. The number of hydrogen-bond acceptors (Lipinski definition) is 5. The minimum absolute atomic E-state index is 0.278. The summed E-state index contributed by atoms with van der Waals surface area (Å²) >= 11 is 0. The van der Waals surface area contributed by atoms with E-state index in [1.54, 1.807) is 0 Å². The summed E-state index contributed by atoms with van der Waals surface area (Å²) in [7, 11) is 0. The van der Waals surface area contributed by atoms with Crippen LogP contribution in [0, 0.1) is 0 Å². The molecule has 0 amide bonds. The number of nitrogens with one attached hydrogen (secondary N) is 2. The van der Waals surface area contributed by atoms with Gasteiger partial charge in [0.25, 0.3) is 0 Å². The molecular formula is C51H39N5O. The SMILES string of the molecule is C=C(/C=C\C=C/C)Cc1cc2ccccc2cc1Nc1ccc(C2=Nc3oc4ccccc4c3NC2c2ccc3c4ccccc4n(-c4ccccc4)c3c2)cn1. The van der Waals surface area contributed by atoms with Crippen molar-refractivity contribution in [3.05, 3.63) is 205 Å². The van der Waals surface area contributed by atoms with Crippen LogP contribution in [-0.2, 0) is 6.42 Å². The highest BCUT2D eigenvalue weighted by Gasteiger charge is 2.30. The van der Waals surface area contributed by atoms with Gasteiger partial charge in [-0.1, -0.05) is 121 Å². The maximum Gasteiger partial charge on any atom is 0.244 e. The highest BCUT2D eigenvalue weighted by atomic mass is 16.3. The molecule has 6 heteroatoms. The van der Waals surface area contributed by atoms with E-state index in [9.17, 15) is 0 Å². The fourth-order valence-corrected chi connectivity index (χ4v) is 8.05. The summed E-state index contributed by atoms with van der Waals surface area (Å²) in [6.07, 6.45) is 10.7. The number of furan rings is 1. The summed E-state index contributed by atoms with van der Waals surface area (Å²) in [5.74, 6) is 1.30. The summed E-state index contributed by atoms with van der Waals surface area (Å²) in [6.45, 7) is 6.34. The van der Waals surface area contributed by atoms with E-state index in [1.807, 2.05) is 55.6 Å². The van der Waals surface area contributed by atoms with E-state index in [1.165, 1.54) is 21.7 Å². The summed E-state index contributed by atoms with van der Waals surface area (Å²) in [5.41, 5.74) is 11.1. The lowest BCUT2D eigenvalue weighted by Gasteiger charge is -2.26. The minimum atomic E-state index is -0.278. The number of hydrogen-bond donors (Lipinski definition) is 2. The van der Waals surface area contributed by atoms with Gasteiger partial charge in [0.2, 0.25) is 5.88 Å². The molecule has 0 saturated carbocycles. The predicted octanol–water partition coefficient (Wildman–Crippen LogP) is 13.3. The van der Waals surface area contributed by atoms with Crippen LogP contribution in [-0.4, -0.2) is 15.3 Å². The van der Waals surface area contributed by atoms with E-state index in [-0.39, 0.29) is 6.04 Å². The Kier molecular flexibility index (Phi) is 8.57. The maximum atomic E-state index is 6.32. The Morgan fingerprint density at radius 2 is 1.53 bits per heavy atom. The minimum Gasteiger partial charge on any atom is -0.436 e. The molecule has 0 bridgehead atoms. The zero-order valence-electron chi connectivity index (χ0n) is 31.5. The van der Waals surface area contributed by atoms with Crippen molar-refractivity contribution in [2.75, 3.05) is 10.6 Å². The molecule has 1 aliphatic rings. The highest BCUT2D eigenvalue weighted by molar-refractivity contribution is 6.14. The topological polar surface area (TPSA) is 67.4 Å². The Bertz CT molecular complexity index is 3070. The van der Waals surface area contributed by atoms with Gasteiger partial charge in [0, 0.05) is 39.3 Å². The van der Waals surface area contributed by atoms with Gasteiger partial charge in [-0.05, 0) is 95.9 Å². The first kappa shape index (κ1) is 34.1. The number of allylic oxidation sites excluding steroid dienone is 5. The van der Waals surface area contributed by atoms with E-state index in [2.05, 4.69) is 149 Å². The molecule has 0 fully saturated rings. The Morgan fingerprint density at radius 3 is 2.35 bits per heavy atom. The van der Waals surface area contributed by atoms with Crippen molar-refractivity contribution in [1.82, 2.24) is 9.55 Å². The summed E-state index contributed by atoms with van der Waals surface area (Å²) < 4.78 is 8.68. The van der Waals surface area contributed by atoms with Crippen LogP contribution in [0.4, 0.5) is 23.1 Å². The molecule has 1 aliphatic heterocycles. The second kappa shape index (κ2) is 14.3. The second-order valence-electron chi connectivity index (χ2n) is 14.5. The molecule has 0 radical (unpaired) electrons. The van der Waals surface area contributed by atoms with Gasteiger partial charge in [-0.15, -0.1) is 0 Å². The van der Waals surface area contributed by atoms with E-state index < -0.39 is 0 Å². The standard InChI is InChI=1S/C51H39N5O/c1-3-4-6-15-33(2)28-38-29-34-16-9-10-17-35(34)30-43(38)53-47-27-25-37(32-52-47)49-48(54-50-42-21-12-14-23-46(42)57-51(50)55-49)36-24-26-41-40-20-11-13-22-44(40)56(45(41)31-36)39-18-7-5-8-19-39/h3-27,29-32,48,54H,2,28H2,1H3,(H,52,53)/b4-3-,15-6-. The van der Waals surface area contributed by atoms with E-state index in [0.717, 1.165) is 72.7 Å². The van der Waals surface area contributed by atoms with Crippen LogP contribution < -0.4 is 10.6 Å². The molecule has 274 valence electrons. The zero-order valence-corrected chi connectivity index (χ0v) is 31.5. The van der Waals surface area contributed by atoms with Crippen molar-refractivity contribution in [3.63, 3.8) is 0 Å². The molecule has 0 aliphatic carbocycles. The number of aromatic nitrogens is 2. The lowest BCUT2D eigenvalue weighted by Crippen LogP contribution is -2.24. The zero-order chi connectivity index (χ0) is 38.3. The van der Waals surface area contributed by atoms with E-state index >= 15 is 0 Å². The number of pyridine rings is 1. The molecule has 2 N–H and O–H groups in total. The van der Waals surface area contributed by atoms with Crippen LogP contribution in [0.25, 0.3) is 49.2 Å². The normalized spacial score (nSPS) is 14.1. The number of anilines is 3. The first-order valence-corrected chi connectivity index (χ1v) is 19.3. The van der Waals surface area contributed by atoms with Gasteiger partial charge in [-0.3, -0.25) is 0 Å². The first-order valence-electron chi connectivity index (χ1n) is 19.3. The van der Waals surface area contributed by atoms with Gasteiger partial charge in [-0.25, -0.2) is 9.98 Å². The number of benzene rings is 6. The van der Waals surface area contributed by atoms with Crippen LogP contribution in [0.5, 0.6) is 0 Å². The maximum absolute atomic E-state index is 6.32. The molecule has 6 nitrogen and oxygen atoms in total. The van der Waals surface area contributed by atoms with Crippen molar-refractivity contribution >= 4 is 72.3 Å². The second-order valence-corrected chi connectivity index (χ2v) is 14.5. The highest BCUT2D eigenvalue weighted by Crippen LogP contribution is 2.45. The van der Waals surface area contributed by atoms with E-state index in [0.29, 0.717) is 12.3 Å². The van der Waals surface area contributed by atoms with Crippen LogP contribution in [0.2, 0.25) is 0 Å². The van der Waals surface area contributed by atoms with Crippen LogP contribution in [0.3, 0.4) is 0 Å². The third kappa shape index (κ3) is 6.27. The van der Waals surface area contributed by atoms with Gasteiger partial charge >= 0.3 is 0 Å². The number of para-hydroxylation sites is 3. The quantitative estimate of drug-likeness (QED) is 0.145. The summed E-state index contributed by atoms with van der Waals surface area (Å²) in [4.78, 5) is 10.2. The Morgan fingerprint density at radius 1 is 0.772 bits per heavy atom. The summed E-state index contributed by atoms with van der Waals surface area (Å²) in [5, 5.41) is 13.3. The van der Waals surface area contributed by atoms with Crippen LogP contribution in [0.1, 0.15) is 29.7 Å². The smallest absolute Gasteiger partial charge is 0.244 e. The average Bonchev–Trinajstić information content (AvgIpc) is 3.79. The number of aliphatic imine (C=N–C) groups is 1. The molecule has 10 rings (SSSR count). The Balaban J connectivity index is 1.05. The van der Waals surface area contributed by atoms with Crippen LogP contribution in [0.15, 0.2) is 198 Å². The largest absolute Gasteiger partial charge is 0.436 e. The van der Waals surface area contributed by atoms with Crippen molar-refractivity contribution < 1.29 is 4.42 Å². The van der Waals surface area contributed by atoms with Gasteiger partial charge < -0.3 is 19.6 Å². The van der Waals surface area contributed by atoms with Crippen molar-refractivity contribution in [2.24, 2.45) is 4.99 Å². The van der Waals surface area contributed by atoms with Crippen molar-refractivity contribution in [2.45, 2.75) is 19.4 Å². The first-order chi connectivity index (χ1) is 28.1. The Labute approximate surface area is 330 Å². The van der Waals surface area contributed by atoms with Crippen molar-refractivity contribution in [1.29, 1.82) is 0 Å². The third-order valence-corrected chi connectivity index (χ3v) is 10.8. The molecule has 0 saturated heterocycles. The molecular weight excluding hydrogens is 699 g/mol. The molecule has 1 unspecified atom stereocenters. The molecule has 9 aromatic rings. The molecule has 0 spiro atoms. The van der Waals surface area contributed by atoms with Crippen molar-refractivity contribution in [3.8, 4) is 5.69 Å². The van der Waals surface area contributed by atoms with Crippen LogP contribution >= 0.6 is 0 Å². The van der Waals surface area contributed by atoms with Gasteiger partial charge in [-0.2, -0.15) is 0 Å². The number of fused-ring (bicyclic) bond motifs is 7. The average molecular weight is 738 g/mol. The molecule has 1 atom stereocenters. The predicted molar refractivity (Wildman–Crippen MR) is 238 cm³/mol. The molecule has 6 aromatic carbocycles. The number of nitrogens with zero attached hydrogens (tertiary/aromatic N) is 3. The lowest BCUT2D eigenvalue weighted by molar-refractivity contribution is 0.623. The van der Waals surface area contributed by atoms with E-state index in [4.69, 9.17) is 14.4 Å². The van der Waals surface area contributed by atoms with Gasteiger partial charge in [0.1, 0.15) is 17.1 Å². The van der Waals surface area contributed by atoms with Gasteiger partial charge in [0.15, 0.2) is 0 Å². The number of rotatable bonds is 9. The third-order valence-electron chi connectivity index (χ3n) is 10.8. The molecule has 57 heavy (non-hydrogen) atoms. The monoisotopic (exact) mass is 737 g/mol. The lowest BCUT2D eigenvalue weighted by atomic mass is 9.94. The fourth-order valence-electron chi connectivity index (χ4n) is 8.05. The summed E-state index contributed by atoms with van der Waals surface area (Å²) in [6, 6.07) is 50.7. The molecule has 4 heterocycles. The molecule has 3 aromatic heterocycles. The Hall–Kier alpha value is -7.44. The van der Waals surface area contributed by atoms with Gasteiger partial charge in [0.05, 0.1) is 22.8 Å².